The van der Waals surface area contributed by atoms with Gasteiger partial charge in [-0.05, 0) is 48.4 Å². The van der Waals surface area contributed by atoms with Crippen molar-refractivity contribution < 1.29 is 9.90 Å². The standard InChI is InChI=1S/C16H23NO2/c1-11-9-12(15(18)19)5-6-14(11)17-8-7-13(10-17)16(2,3)4/h5-6,9,13H,7-8,10H2,1-4H3,(H,18,19). The Kier molecular flexibility index (Phi) is 3.57. The highest BCUT2D eigenvalue weighted by atomic mass is 16.4. The fourth-order valence-electron chi connectivity index (χ4n) is 2.83. The van der Waals surface area contributed by atoms with E-state index in [4.69, 9.17) is 5.11 Å². The summed E-state index contributed by atoms with van der Waals surface area (Å²) in [5.41, 5.74) is 2.93. The van der Waals surface area contributed by atoms with Crippen molar-refractivity contribution in [1.29, 1.82) is 0 Å². The molecule has 0 aromatic heterocycles. The lowest BCUT2D eigenvalue weighted by Gasteiger charge is -2.28. The number of nitrogens with zero attached hydrogens (tertiary/aromatic N) is 1. The van der Waals surface area contributed by atoms with Crippen LogP contribution in [0.1, 0.15) is 43.1 Å². The third-order valence-electron chi connectivity index (χ3n) is 4.20. The van der Waals surface area contributed by atoms with Crippen molar-refractivity contribution in [3.8, 4) is 0 Å². The van der Waals surface area contributed by atoms with E-state index in [9.17, 15) is 4.79 Å². The van der Waals surface area contributed by atoms with Crippen LogP contribution in [0.15, 0.2) is 18.2 Å². The van der Waals surface area contributed by atoms with E-state index in [1.807, 2.05) is 13.0 Å². The zero-order valence-electron chi connectivity index (χ0n) is 12.2. The molecule has 1 unspecified atom stereocenters. The molecular weight excluding hydrogens is 238 g/mol. The summed E-state index contributed by atoms with van der Waals surface area (Å²) in [6, 6.07) is 5.42. The highest BCUT2D eigenvalue weighted by Crippen LogP contribution is 2.36. The highest BCUT2D eigenvalue weighted by molar-refractivity contribution is 5.88. The Morgan fingerprint density at radius 2 is 2.05 bits per heavy atom. The molecule has 1 fully saturated rings. The minimum Gasteiger partial charge on any atom is -0.478 e. The maximum atomic E-state index is 11.0. The van der Waals surface area contributed by atoms with E-state index in [2.05, 4.69) is 25.7 Å². The van der Waals surface area contributed by atoms with Crippen molar-refractivity contribution in [3.05, 3.63) is 29.3 Å². The molecule has 104 valence electrons. The van der Waals surface area contributed by atoms with Gasteiger partial charge < -0.3 is 10.0 Å². The van der Waals surface area contributed by atoms with Crippen molar-refractivity contribution in [3.63, 3.8) is 0 Å². The van der Waals surface area contributed by atoms with Gasteiger partial charge in [-0.2, -0.15) is 0 Å². The first-order valence-electron chi connectivity index (χ1n) is 6.88. The maximum absolute atomic E-state index is 11.0. The van der Waals surface area contributed by atoms with Crippen LogP contribution in [-0.4, -0.2) is 24.2 Å². The Balaban J connectivity index is 2.18. The first kappa shape index (κ1) is 13.9. The predicted octanol–water partition coefficient (Wildman–Crippen LogP) is 3.57. The molecule has 1 saturated heterocycles. The molecule has 1 atom stereocenters. The van der Waals surface area contributed by atoms with Crippen LogP contribution in [0.2, 0.25) is 0 Å². The molecule has 0 spiro atoms. The normalized spacial score (nSPS) is 19.8. The van der Waals surface area contributed by atoms with Gasteiger partial charge in [0.25, 0.3) is 0 Å². The SMILES string of the molecule is Cc1cc(C(=O)O)ccc1N1CCC(C(C)(C)C)C1. The largest absolute Gasteiger partial charge is 0.478 e. The number of hydrogen-bond donors (Lipinski definition) is 1. The molecule has 1 aromatic carbocycles. The molecular formula is C16H23NO2. The van der Waals surface area contributed by atoms with Gasteiger partial charge in [0.2, 0.25) is 0 Å². The Labute approximate surface area is 115 Å². The summed E-state index contributed by atoms with van der Waals surface area (Å²) in [4.78, 5) is 13.3. The highest BCUT2D eigenvalue weighted by Gasteiger charge is 2.32. The molecule has 0 amide bonds. The van der Waals surface area contributed by atoms with Crippen LogP contribution < -0.4 is 4.90 Å². The topological polar surface area (TPSA) is 40.5 Å². The fourth-order valence-corrected chi connectivity index (χ4v) is 2.83. The van der Waals surface area contributed by atoms with Crippen molar-refractivity contribution >= 4 is 11.7 Å². The van der Waals surface area contributed by atoms with Crippen molar-refractivity contribution in [2.75, 3.05) is 18.0 Å². The van der Waals surface area contributed by atoms with Gasteiger partial charge in [-0.3, -0.25) is 0 Å². The smallest absolute Gasteiger partial charge is 0.335 e. The van der Waals surface area contributed by atoms with Gasteiger partial charge in [-0.15, -0.1) is 0 Å². The van der Waals surface area contributed by atoms with Crippen LogP contribution in [0.3, 0.4) is 0 Å². The predicted molar refractivity (Wildman–Crippen MR) is 77.9 cm³/mol. The van der Waals surface area contributed by atoms with Crippen molar-refractivity contribution in [2.45, 2.75) is 34.1 Å². The lowest BCUT2D eigenvalue weighted by Crippen LogP contribution is -2.26. The summed E-state index contributed by atoms with van der Waals surface area (Å²) in [5, 5.41) is 9.00. The number of rotatable bonds is 2. The summed E-state index contributed by atoms with van der Waals surface area (Å²) in [5.74, 6) is -0.158. The van der Waals surface area contributed by atoms with Gasteiger partial charge >= 0.3 is 5.97 Å². The zero-order valence-corrected chi connectivity index (χ0v) is 12.2. The number of aromatic carboxylic acids is 1. The number of anilines is 1. The van der Waals surface area contributed by atoms with E-state index < -0.39 is 5.97 Å². The van der Waals surface area contributed by atoms with Gasteiger partial charge in [0.15, 0.2) is 0 Å². The summed E-state index contributed by atoms with van der Waals surface area (Å²) in [7, 11) is 0. The van der Waals surface area contributed by atoms with E-state index in [1.165, 1.54) is 12.1 Å². The Morgan fingerprint density at radius 1 is 1.37 bits per heavy atom. The quantitative estimate of drug-likeness (QED) is 0.884. The summed E-state index contributed by atoms with van der Waals surface area (Å²) < 4.78 is 0. The van der Waals surface area contributed by atoms with E-state index in [0.717, 1.165) is 18.7 Å². The molecule has 19 heavy (non-hydrogen) atoms. The molecule has 0 bridgehead atoms. The molecule has 2 rings (SSSR count). The van der Waals surface area contributed by atoms with Crippen LogP contribution in [0.4, 0.5) is 5.69 Å². The van der Waals surface area contributed by atoms with E-state index in [-0.39, 0.29) is 0 Å². The van der Waals surface area contributed by atoms with E-state index >= 15 is 0 Å². The molecule has 0 saturated carbocycles. The third kappa shape index (κ3) is 2.91. The number of carbonyl (C=O) groups is 1. The molecule has 0 aliphatic carbocycles. The second-order valence-electron chi connectivity index (χ2n) is 6.60. The average Bonchev–Trinajstić information content (AvgIpc) is 2.77. The Morgan fingerprint density at radius 3 is 2.53 bits per heavy atom. The first-order chi connectivity index (χ1) is 8.79. The number of benzene rings is 1. The second-order valence-corrected chi connectivity index (χ2v) is 6.60. The molecule has 1 N–H and O–H groups in total. The van der Waals surface area contributed by atoms with Crippen LogP contribution in [0.5, 0.6) is 0 Å². The second kappa shape index (κ2) is 4.87. The number of carboxylic acids is 1. The monoisotopic (exact) mass is 261 g/mol. The zero-order chi connectivity index (χ0) is 14.2. The molecule has 1 aromatic rings. The van der Waals surface area contributed by atoms with Gasteiger partial charge in [-0.1, -0.05) is 20.8 Å². The lowest BCUT2D eigenvalue weighted by molar-refractivity contribution is 0.0697. The summed E-state index contributed by atoms with van der Waals surface area (Å²) >= 11 is 0. The van der Waals surface area contributed by atoms with Gasteiger partial charge in [0, 0.05) is 18.8 Å². The first-order valence-corrected chi connectivity index (χ1v) is 6.88. The molecule has 1 aliphatic heterocycles. The minimum absolute atomic E-state index is 0.337. The molecule has 1 aliphatic rings. The number of aryl methyl sites for hydroxylation is 1. The molecule has 1 heterocycles. The van der Waals surface area contributed by atoms with Crippen molar-refractivity contribution in [1.82, 2.24) is 0 Å². The molecule has 3 heteroatoms. The van der Waals surface area contributed by atoms with E-state index in [0.29, 0.717) is 16.9 Å². The van der Waals surface area contributed by atoms with E-state index in [1.54, 1.807) is 12.1 Å². The van der Waals surface area contributed by atoms with Gasteiger partial charge in [0.1, 0.15) is 0 Å². The summed E-state index contributed by atoms with van der Waals surface area (Å²) in [6.07, 6.45) is 1.21. The summed E-state index contributed by atoms with van der Waals surface area (Å²) in [6.45, 7) is 11.0. The fraction of sp³-hybridized carbons (Fsp3) is 0.562. The third-order valence-corrected chi connectivity index (χ3v) is 4.20. The Hall–Kier alpha value is -1.51. The van der Waals surface area contributed by atoms with Gasteiger partial charge in [0.05, 0.1) is 5.56 Å². The number of carboxylic acid groups (broad SMARTS) is 1. The van der Waals surface area contributed by atoms with Crippen LogP contribution in [0.25, 0.3) is 0 Å². The van der Waals surface area contributed by atoms with Crippen LogP contribution in [-0.2, 0) is 0 Å². The van der Waals surface area contributed by atoms with Crippen molar-refractivity contribution in [2.24, 2.45) is 11.3 Å². The Bertz CT molecular complexity index is 488. The van der Waals surface area contributed by atoms with Gasteiger partial charge in [-0.25, -0.2) is 4.79 Å². The lowest BCUT2D eigenvalue weighted by atomic mass is 9.80. The van der Waals surface area contributed by atoms with Crippen LogP contribution in [0, 0.1) is 18.3 Å². The maximum Gasteiger partial charge on any atom is 0.335 e. The van der Waals surface area contributed by atoms with Crippen LogP contribution >= 0.6 is 0 Å². The minimum atomic E-state index is -0.858. The molecule has 0 radical (unpaired) electrons. The number of hydrogen-bond acceptors (Lipinski definition) is 2. The molecule has 3 nitrogen and oxygen atoms in total. The average molecular weight is 261 g/mol.